The number of para-hydroxylation sites is 1. The summed E-state index contributed by atoms with van der Waals surface area (Å²) in [6, 6.07) is 11.1. The van der Waals surface area contributed by atoms with Crippen LogP contribution in [0.4, 0.5) is 0 Å². The molecule has 0 aliphatic heterocycles. The summed E-state index contributed by atoms with van der Waals surface area (Å²) in [5.74, 6) is 2.10. The second kappa shape index (κ2) is 8.55. The Kier molecular flexibility index (Phi) is 6.44. The maximum Gasteiger partial charge on any atom is 0.258 e. The third-order valence-corrected chi connectivity index (χ3v) is 3.67. The van der Waals surface area contributed by atoms with Crippen molar-refractivity contribution in [1.82, 2.24) is 4.90 Å². The van der Waals surface area contributed by atoms with E-state index in [1.54, 1.807) is 24.1 Å². The van der Waals surface area contributed by atoms with Crippen LogP contribution < -0.4 is 4.74 Å². The van der Waals surface area contributed by atoms with Crippen molar-refractivity contribution in [3.8, 4) is 5.75 Å². The lowest BCUT2D eigenvalue weighted by Gasteiger charge is -2.26. The first-order chi connectivity index (χ1) is 11.5. The van der Waals surface area contributed by atoms with Crippen LogP contribution in [0.15, 0.2) is 40.8 Å². The van der Waals surface area contributed by atoms with Gasteiger partial charge < -0.3 is 18.8 Å². The highest BCUT2D eigenvalue weighted by molar-refractivity contribution is 5.97. The molecule has 0 unspecified atom stereocenters. The summed E-state index contributed by atoms with van der Waals surface area (Å²) in [4.78, 5) is 14.8. The highest BCUT2D eigenvalue weighted by atomic mass is 16.5. The van der Waals surface area contributed by atoms with Gasteiger partial charge in [-0.05, 0) is 45.0 Å². The molecule has 0 fully saturated rings. The second-order valence-electron chi connectivity index (χ2n) is 5.88. The first-order valence-electron chi connectivity index (χ1n) is 8.10. The smallest absolute Gasteiger partial charge is 0.258 e. The molecule has 1 aromatic heterocycles. The van der Waals surface area contributed by atoms with E-state index < -0.39 is 0 Å². The van der Waals surface area contributed by atoms with Crippen molar-refractivity contribution >= 4 is 5.91 Å². The zero-order valence-corrected chi connectivity index (χ0v) is 14.7. The Balaban J connectivity index is 2.20. The van der Waals surface area contributed by atoms with E-state index in [0.717, 1.165) is 11.5 Å². The fourth-order valence-corrected chi connectivity index (χ4v) is 2.39. The quantitative estimate of drug-likeness (QED) is 0.693. The largest absolute Gasteiger partial charge is 0.490 e. The van der Waals surface area contributed by atoms with E-state index in [0.29, 0.717) is 31.1 Å². The van der Waals surface area contributed by atoms with Gasteiger partial charge in [0.25, 0.3) is 5.91 Å². The Morgan fingerprint density at radius 2 is 1.92 bits per heavy atom. The molecule has 5 heteroatoms. The number of amides is 1. The number of benzene rings is 1. The van der Waals surface area contributed by atoms with Gasteiger partial charge in [-0.3, -0.25) is 4.79 Å². The summed E-state index contributed by atoms with van der Waals surface area (Å²) in [6.45, 7) is 7.17. The summed E-state index contributed by atoms with van der Waals surface area (Å²) < 4.78 is 16.3. The van der Waals surface area contributed by atoms with Gasteiger partial charge in [-0.2, -0.15) is 0 Å². The SMILES string of the molecule is COCCOc1ccccc1C(=O)N(Cc1ccc(C)o1)C(C)C. The predicted octanol–water partition coefficient (Wildman–Crippen LogP) is 3.66. The molecule has 1 aromatic carbocycles. The topological polar surface area (TPSA) is 51.9 Å². The lowest BCUT2D eigenvalue weighted by atomic mass is 10.1. The molecule has 1 amide bonds. The summed E-state index contributed by atoms with van der Waals surface area (Å²) in [5, 5.41) is 0. The number of hydrogen-bond acceptors (Lipinski definition) is 4. The molecule has 0 atom stereocenters. The number of carbonyl (C=O) groups excluding carboxylic acids is 1. The molecule has 24 heavy (non-hydrogen) atoms. The van der Waals surface area contributed by atoms with E-state index in [1.165, 1.54) is 0 Å². The number of ether oxygens (including phenoxy) is 2. The van der Waals surface area contributed by atoms with E-state index in [9.17, 15) is 4.79 Å². The van der Waals surface area contributed by atoms with Crippen LogP contribution in [0.2, 0.25) is 0 Å². The van der Waals surface area contributed by atoms with Gasteiger partial charge in [0.05, 0.1) is 18.7 Å². The van der Waals surface area contributed by atoms with Crippen molar-refractivity contribution in [3.05, 3.63) is 53.5 Å². The number of aryl methyl sites for hydroxylation is 1. The molecule has 0 bridgehead atoms. The fourth-order valence-electron chi connectivity index (χ4n) is 2.39. The number of furan rings is 1. The molecule has 0 spiro atoms. The van der Waals surface area contributed by atoms with Gasteiger partial charge in [-0.25, -0.2) is 0 Å². The van der Waals surface area contributed by atoms with Crippen LogP contribution in [0, 0.1) is 6.92 Å². The van der Waals surface area contributed by atoms with Crippen molar-refractivity contribution in [2.45, 2.75) is 33.4 Å². The average molecular weight is 331 g/mol. The van der Waals surface area contributed by atoms with E-state index in [2.05, 4.69) is 0 Å². The number of hydrogen-bond donors (Lipinski definition) is 0. The Hall–Kier alpha value is -2.27. The lowest BCUT2D eigenvalue weighted by Crippen LogP contribution is -2.36. The van der Waals surface area contributed by atoms with Crippen molar-refractivity contribution in [1.29, 1.82) is 0 Å². The Bertz CT molecular complexity index is 663. The highest BCUT2D eigenvalue weighted by Crippen LogP contribution is 2.22. The number of methoxy groups -OCH3 is 1. The Labute approximate surface area is 143 Å². The minimum atomic E-state index is -0.0768. The van der Waals surface area contributed by atoms with E-state index in [1.807, 2.05) is 45.0 Å². The lowest BCUT2D eigenvalue weighted by molar-refractivity contribution is 0.0668. The minimum absolute atomic E-state index is 0.0370. The van der Waals surface area contributed by atoms with Crippen molar-refractivity contribution in [3.63, 3.8) is 0 Å². The maximum absolute atomic E-state index is 13.0. The van der Waals surface area contributed by atoms with Crippen LogP contribution in [0.3, 0.4) is 0 Å². The van der Waals surface area contributed by atoms with Gasteiger partial charge in [-0.1, -0.05) is 12.1 Å². The number of rotatable bonds is 8. The van der Waals surface area contributed by atoms with Crippen LogP contribution in [0.1, 0.15) is 35.7 Å². The van der Waals surface area contributed by atoms with Crippen LogP contribution >= 0.6 is 0 Å². The van der Waals surface area contributed by atoms with Gasteiger partial charge >= 0.3 is 0 Å². The van der Waals surface area contributed by atoms with Gasteiger partial charge in [0.2, 0.25) is 0 Å². The van der Waals surface area contributed by atoms with Gasteiger partial charge in [0.1, 0.15) is 23.9 Å². The average Bonchev–Trinajstić information content (AvgIpc) is 2.98. The summed E-state index contributed by atoms with van der Waals surface area (Å²) in [6.07, 6.45) is 0. The van der Waals surface area contributed by atoms with Crippen molar-refractivity contribution in [2.75, 3.05) is 20.3 Å². The molecule has 1 heterocycles. The molecule has 0 radical (unpaired) electrons. The second-order valence-corrected chi connectivity index (χ2v) is 5.88. The third-order valence-electron chi connectivity index (χ3n) is 3.67. The monoisotopic (exact) mass is 331 g/mol. The molecule has 0 saturated carbocycles. The molecule has 0 aliphatic carbocycles. The molecule has 0 N–H and O–H groups in total. The van der Waals surface area contributed by atoms with Crippen LogP contribution in [-0.4, -0.2) is 37.2 Å². The number of carbonyl (C=O) groups is 1. The fraction of sp³-hybridized carbons (Fsp3) is 0.421. The Morgan fingerprint density at radius 3 is 2.54 bits per heavy atom. The van der Waals surface area contributed by atoms with E-state index in [4.69, 9.17) is 13.9 Å². The molecular formula is C19H25NO4. The zero-order chi connectivity index (χ0) is 17.5. The molecule has 2 rings (SSSR count). The first kappa shape index (κ1) is 18.1. The maximum atomic E-state index is 13.0. The summed E-state index contributed by atoms with van der Waals surface area (Å²) in [7, 11) is 1.62. The molecule has 130 valence electrons. The summed E-state index contributed by atoms with van der Waals surface area (Å²) in [5.41, 5.74) is 0.547. The Morgan fingerprint density at radius 1 is 1.17 bits per heavy atom. The third kappa shape index (κ3) is 4.61. The van der Waals surface area contributed by atoms with Crippen LogP contribution in [0.5, 0.6) is 5.75 Å². The summed E-state index contributed by atoms with van der Waals surface area (Å²) >= 11 is 0. The number of nitrogens with zero attached hydrogens (tertiary/aromatic N) is 1. The van der Waals surface area contributed by atoms with E-state index >= 15 is 0 Å². The minimum Gasteiger partial charge on any atom is -0.490 e. The molecule has 5 nitrogen and oxygen atoms in total. The van der Waals surface area contributed by atoms with E-state index in [-0.39, 0.29) is 11.9 Å². The van der Waals surface area contributed by atoms with Gasteiger partial charge in [0, 0.05) is 13.2 Å². The molecule has 2 aromatic rings. The van der Waals surface area contributed by atoms with Gasteiger partial charge in [0.15, 0.2) is 0 Å². The first-order valence-corrected chi connectivity index (χ1v) is 8.10. The normalized spacial score (nSPS) is 10.9. The molecular weight excluding hydrogens is 306 g/mol. The predicted molar refractivity (Wildman–Crippen MR) is 92.3 cm³/mol. The standard InChI is InChI=1S/C19H25NO4/c1-14(2)20(13-16-10-9-15(3)24-16)19(21)17-7-5-6-8-18(17)23-12-11-22-4/h5-10,14H,11-13H2,1-4H3. The highest BCUT2D eigenvalue weighted by Gasteiger charge is 2.23. The zero-order valence-electron chi connectivity index (χ0n) is 14.7. The van der Waals surface area contributed by atoms with Gasteiger partial charge in [-0.15, -0.1) is 0 Å². The molecule has 0 saturated heterocycles. The van der Waals surface area contributed by atoms with Crippen molar-refractivity contribution in [2.24, 2.45) is 0 Å². The molecule has 0 aliphatic rings. The van der Waals surface area contributed by atoms with Crippen LogP contribution in [0.25, 0.3) is 0 Å². The van der Waals surface area contributed by atoms with Crippen LogP contribution in [-0.2, 0) is 11.3 Å². The van der Waals surface area contributed by atoms with Crippen molar-refractivity contribution < 1.29 is 18.7 Å².